The minimum atomic E-state index is -0.0933. The quantitative estimate of drug-likeness (QED) is 0.327. The molecule has 2 aliphatic rings. The predicted molar refractivity (Wildman–Crippen MR) is 138 cm³/mol. The van der Waals surface area contributed by atoms with E-state index in [0.29, 0.717) is 49.6 Å². The largest absolute Gasteiger partial charge is 0.466 e. The van der Waals surface area contributed by atoms with Gasteiger partial charge in [0.05, 0.1) is 24.2 Å². The van der Waals surface area contributed by atoms with Crippen molar-refractivity contribution >= 4 is 28.8 Å². The highest BCUT2D eigenvalue weighted by Crippen LogP contribution is 2.38. The third-order valence-corrected chi connectivity index (χ3v) is 7.50. The molecular formula is C28H40N4O3. The molecule has 4 rings (SSSR count). The van der Waals surface area contributed by atoms with E-state index in [1.165, 1.54) is 30.5 Å². The summed E-state index contributed by atoms with van der Waals surface area (Å²) in [6.45, 7) is 6.68. The van der Waals surface area contributed by atoms with Crippen LogP contribution in [0.5, 0.6) is 0 Å². The van der Waals surface area contributed by atoms with Crippen molar-refractivity contribution in [3.05, 3.63) is 29.6 Å². The van der Waals surface area contributed by atoms with Crippen molar-refractivity contribution in [1.82, 2.24) is 14.6 Å². The lowest BCUT2D eigenvalue weighted by atomic mass is 9.84. The van der Waals surface area contributed by atoms with Gasteiger partial charge in [0.2, 0.25) is 5.95 Å². The van der Waals surface area contributed by atoms with Gasteiger partial charge in [-0.05, 0) is 64.0 Å². The van der Waals surface area contributed by atoms with Gasteiger partial charge in [-0.1, -0.05) is 32.3 Å². The SMILES string of the molecule is CCCCC[C@H](C)Nc1ncc2c(C3=CCC(C(=O)OCC)CC3)cc(C3CCC(=O)CC3)n2n1. The lowest BCUT2D eigenvalue weighted by Crippen LogP contribution is -2.19. The van der Waals surface area contributed by atoms with E-state index in [4.69, 9.17) is 9.84 Å². The fraction of sp³-hybridized carbons (Fsp3) is 0.643. The molecule has 0 amide bonds. The van der Waals surface area contributed by atoms with Gasteiger partial charge in [-0.3, -0.25) is 9.59 Å². The van der Waals surface area contributed by atoms with Crippen LogP contribution in [0.4, 0.5) is 5.95 Å². The number of ketones is 1. The van der Waals surface area contributed by atoms with Crippen LogP contribution in [0.15, 0.2) is 18.3 Å². The van der Waals surface area contributed by atoms with Crippen molar-refractivity contribution in [2.45, 2.75) is 103 Å². The summed E-state index contributed by atoms with van der Waals surface area (Å²) < 4.78 is 7.29. The number of carbonyl (C=O) groups is 2. The van der Waals surface area contributed by atoms with Crippen LogP contribution in [0.2, 0.25) is 0 Å². The number of ether oxygens (including phenoxy) is 1. The van der Waals surface area contributed by atoms with Gasteiger partial charge in [0, 0.05) is 36.1 Å². The smallest absolute Gasteiger partial charge is 0.309 e. The fourth-order valence-electron chi connectivity index (χ4n) is 5.41. The Labute approximate surface area is 208 Å². The van der Waals surface area contributed by atoms with E-state index in [-0.39, 0.29) is 11.9 Å². The molecule has 1 fully saturated rings. The lowest BCUT2D eigenvalue weighted by molar-refractivity contribution is -0.148. The molecule has 7 heteroatoms. The number of rotatable bonds is 10. The van der Waals surface area contributed by atoms with Gasteiger partial charge >= 0.3 is 5.97 Å². The minimum absolute atomic E-state index is 0.0577. The number of esters is 1. The maximum Gasteiger partial charge on any atom is 0.309 e. The van der Waals surface area contributed by atoms with Gasteiger partial charge in [0.25, 0.3) is 0 Å². The molecule has 0 aromatic carbocycles. The van der Waals surface area contributed by atoms with Gasteiger partial charge in [-0.15, -0.1) is 5.10 Å². The molecule has 2 aromatic heterocycles. The third-order valence-electron chi connectivity index (χ3n) is 7.50. The molecule has 2 aliphatic carbocycles. The number of hydrogen-bond donors (Lipinski definition) is 1. The van der Waals surface area contributed by atoms with Gasteiger partial charge in [-0.25, -0.2) is 9.50 Å². The average Bonchev–Trinajstić information content (AvgIpc) is 3.24. The summed E-state index contributed by atoms with van der Waals surface area (Å²) in [5, 5.41) is 8.41. The molecule has 0 aliphatic heterocycles. The summed E-state index contributed by atoms with van der Waals surface area (Å²) in [6, 6.07) is 2.57. The predicted octanol–water partition coefficient (Wildman–Crippen LogP) is 6.08. The van der Waals surface area contributed by atoms with Crippen LogP contribution in [0, 0.1) is 5.92 Å². The van der Waals surface area contributed by atoms with Crippen molar-refractivity contribution in [2.75, 3.05) is 11.9 Å². The molecule has 190 valence electrons. The summed E-state index contributed by atoms with van der Waals surface area (Å²) in [5.74, 6) is 1.18. The second kappa shape index (κ2) is 11.8. The summed E-state index contributed by atoms with van der Waals surface area (Å²) >= 11 is 0. The molecule has 2 heterocycles. The highest BCUT2D eigenvalue weighted by atomic mass is 16.5. The van der Waals surface area contributed by atoms with Crippen LogP contribution >= 0.6 is 0 Å². The number of fused-ring (bicyclic) bond motifs is 1. The molecule has 0 spiro atoms. The van der Waals surface area contributed by atoms with Crippen LogP contribution < -0.4 is 5.32 Å². The normalized spacial score (nSPS) is 20.0. The van der Waals surface area contributed by atoms with Gasteiger partial charge in [0.1, 0.15) is 5.78 Å². The number of allylic oxidation sites excluding steroid dienone is 2. The highest BCUT2D eigenvalue weighted by Gasteiger charge is 2.28. The molecule has 1 saturated carbocycles. The van der Waals surface area contributed by atoms with E-state index in [9.17, 15) is 9.59 Å². The van der Waals surface area contributed by atoms with Crippen LogP contribution in [0.1, 0.15) is 109 Å². The maximum atomic E-state index is 12.2. The highest BCUT2D eigenvalue weighted by molar-refractivity contribution is 5.82. The molecular weight excluding hydrogens is 440 g/mol. The van der Waals surface area contributed by atoms with E-state index in [2.05, 4.69) is 40.8 Å². The van der Waals surface area contributed by atoms with Crippen molar-refractivity contribution in [3.8, 4) is 0 Å². The first-order chi connectivity index (χ1) is 17.0. The van der Waals surface area contributed by atoms with Gasteiger partial charge in [-0.2, -0.15) is 0 Å². The van der Waals surface area contributed by atoms with E-state index < -0.39 is 0 Å². The van der Waals surface area contributed by atoms with Crippen LogP contribution in [-0.4, -0.2) is 39.0 Å². The number of anilines is 1. The van der Waals surface area contributed by atoms with Crippen LogP contribution in [0.25, 0.3) is 11.1 Å². The molecule has 7 nitrogen and oxygen atoms in total. The maximum absolute atomic E-state index is 12.2. The number of hydrogen-bond acceptors (Lipinski definition) is 6. The van der Waals surface area contributed by atoms with Gasteiger partial charge in [0.15, 0.2) is 0 Å². The molecule has 1 unspecified atom stereocenters. The Bertz CT molecular complexity index is 1060. The standard InChI is InChI=1S/C28H40N4O3/c1-4-6-7-8-19(3)30-28-29-18-26-24(20-9-11-22(12-10-20)27(34)35-5-2)17-25(32(26)31-28)21-13-15-23(33)16-14-21/h9,17-19,21-22H,4-8,10-16H2,1-3H3,(H,30,31)/t19-,22?/m0/s1. The topological polar surface area (TPSA) is 85.6 Å². The molecule has 1 N–H and O–H groups in total. The molecule has 35 heavy (non-hydrogen) atoms. The molecule has 0 bridgehead atoms. The average molecular weight is 481 g/mol. The Balaban J connectivity index is 1.61. The summed E-state index contributed by atoms with van der Waals surface area (Å²) in [7, 11) is 0. The zero-order valence-electron chi connectivity index (χ0n) is 21.5. The Morgan fingerprint density at radius 2 is 2.00 bits per heavy atom. The first-order valence-electron chi connectivity index (χ1n) is 13.5. The van der Waals surface area contributed by atoms with Crippen molar-refractivity contribution in [1.29, 1.82) is 0 Å². The number of carbonyl (C=O) groups excluding carboxylic acids is 2. The van der Waals surface area contributed by atoms with E-state index >= 15 is 0 Å². The van der Waals surface area contributed by atoms with E-state index in [0.717, 1.165) is 43.2 Å². The lowest BCUT2D eigenvalue weighted by Gasteiger charge is -2.21. The zero-order valence-corrected chi connectivity index (χ0v) is 21.5. The zero-order chi connectivity index (χ0) is 24.8. The summed E-state index contributed by atoms with van der Waals surface area (Å²) in [5.41, 5.74) is 4.57. The Morgan fingerprint density at radius 3 is 2.69 bits per heavy atom. The summed E-state index contributed by atoms with van der Waals surface area (Å²) in [4.78, 5) is 28.7. The number of unbranched alkanes of at least 4 members (excludes halogenated alkanes) is 2. The number of aromatic nitrogens is 3. The number of nitrogens with one attached hydrogen (secondary N) is 1. The first kappa shape index (κ1) is 25.4. The van der Waals surface area contributed by atoms with E-state index in [1.807, 2.05) is 13.1 Å². The Kier molecular flexibility index (Phi) is 8.58. The van der Waals surface area contributed by atoms with Gasteiger partial charge < -0.3 is 10.1 Å². The van der Waals surface area contributed by atoms with Crippen LogP contribution in [0.3, 0.4) is 0 Å². The summed E-state index contributed by atoms with van der Waals surface area (Å²) in [6.07, 6.45) is 14.2. The molecule has 2 atom stereocenters. The second-order valence-corrected chi connectivity index (χ2v) is 10.2. The first-order valence-corrected chi connectivity index (χ1v) is 13.5. The number of nitrogens with zero attached hydrogens (tertiary/aromatic N) is 3. The Hall–Kier alpha value is -2.70. The molecule has 2 aromatic rings. The molecule has 0 saturated heterocycles. The van der Waals surface area contributed by atoms with E-state index in [1.54, 1.807) is 0 Å². The monoisotopic (exact) mass is 480 g/mol. The third kappa shape index (κ3) is 6.11. The van der Waals surface area contributed by atoms with Crippen molar-refractivity contribution in [2.24, 2.45) is 5.92 Å². The van der Waals surface area contributed by atoms with Crippen molar-refractivity contribution in [3.63, 3.8) is 0 Å². The second-order valence-electron chi connectivity index (χ2n) is 10.2. The number of Topliss-reactive ketones (excluding diaryl/α,β-unsaturated/α-hetero) is 1. The van der Waals surface area contributed by atoms with Crippen LogP contribution in [-0.2, 0) is 14.3 Å². The minimum Gasteiger partial charge on any atom is -0.466 e. The Morgan fingerprint density at radius 1 is 1.20 bits per heavy atom. The molecule has 0 radical (unpaired) electrons. The van der Waals surface area contributed by atoms with Crippen molar-refractivity contribution < 1.29 is 14.3 Å². The fourth-order valence-corrected chi connectivity index (χ4v) is 5.41.